The number of rotatable bonds is 5. The minimum absolute atomic E-state index is 0.402. The van der Waals surface area contributed by atoms with Gasteiger partial charge in [-0.1, -0.05) is 19.3 Å². The molecule has 0 saturated heterocycles. The molecule has 3 atom stereocenters. The maximum Gasteiger partial charge on any atom is 0.326 e. The number of amides is 3. The van der Waals surface area contributed by atoms with E-state index >= 15 is 0 Å². The SMILES string of the molecule is NC(=O)C[C@@H](NC(=O)NC1CCCCCC1O)C(=O)O. The van der Waals surface area contributed by atoms with E-state index in [1.807, 2.05) is 0 Å². The van der Waals surface area contributed by atoms with Gasteiger partial charge in [-0.05, 0) is 12.8 Å². The molecule has 1 aliphatic carbocycles. The first-order valence-corrected chi connectivity index (χ1v) is 6.66. The Hall–Kier alpha value is -1.83. The van der Waals surface area contributed by atoms with Gasteiger partial charge in [-0.25, -0.2) is 9.59 Å². The summed E-state index contributed by atoms with van der Waals surface area (Å²) < 4.78 is 0. The normalized spacial score (nSPS) is 24.2. The molecule has 6 N–H and O–H groups in total. The first-order valence-electron chi connectivity index (χ1n) is 6.66. The fraction of sp³-hybridized carbons (Fsp3) is 0.750. The van der Waals surface area contributed by atoms with Crippen LogP contribution in [0.3, 0.4) is 0 Å². The van der Waals surface area contributed by atoms with Crippen LogP contribution >= 0.6 is 0 Å². The van der Waals surface area contributed by atoms with Crippen LogP contribution in [-0.4, -0.2) is 46.3 Å². The van der Waals surface area contributed by atoms with E-state index in [1.54, 1.807) is 0 Å². The second kappa shape index (κ2) is 7.68. The lowest BCUT2D eigenvalue weighted by Gasteiger charge is -2.23. The van der Waals surface area contributed by atoms with Crippen LogP contribution in [0.5, 0.6) is 0 Å². The second-order valence-electron chi connectivity index (χ2n) is 4.99. The molecule has 1 fully saturated rings. The van der Waals surface area contributed by atoms with E-state index in [0.29, 0.717) is 12.8 Å². The van der Waals surface area contributed by atoms with Crippen molar-refractivity contribution in [1.29, 1.82) is 0 Å². The summed E-state index contributed by atoms with van der Waals surface area (Å²) in [6.07, 6.45) is 2.93. The van der Waals surface area contributed by atoms with Crippen molar-refractivity contribution in [3.8, 4) is 0 Å². The first-order chi connectivity index (χ1) is 9.40. The summed E-state index contributed by atoms with van der Waals surface area (Å²) >= 11 is 0. The number of aliphatic carboxylic acids is 1. The van der Waals surface area contributed by atoms with Gasteiger partial charge in [0, 0.05) is 0 Å². The zero-order chi connectivity index (χ0) is 15.1. The summed E-state index contributed by atoms with van der Waals surface area (Å²) in [6.45, 7) is 0. The quantitative estimate of drug-likeness (QED) is 0.425. The van der Waals surface area contributed by atoms with Crippen LogP contribution in [0.2, 0.25) is 0 Å². The van der Waals surface area contributed by atoms with Crippen LogP contribution in [0, 0.1) is 0 Å². The molecule has 3 amide bonds. The maximum atomic E-state index is 11.7. The Kier molecular flexibility index (Phi) is 6.23. The molecule has 0 aromatic rings. The molecular formula is C12H21N3O5. The predicted molar refractivity (Wildman–Crippen MR) is 69.8 cm³/mol. The van der Waals surface area contributed by atoms with Crippen LogP contribution in [0.15, 0.2) is 0 Å². The number of carbonyl (C=O) groups is 3. The third-order valence-electron chi connectivity index (χ3n) is 3.30. The van der Waals surface area contributed by atoms with Crippen LogP contribution < -0.4 is 16.4 Å². The second-order valence-corrected chi connectivity index (χ2v) is 4.99. The summed E-state index contributed by atoms with van der Waals surface area (Å²) in [5.74, 6) is -2.15. The Morgan fingerprint density at radius 3 is 2.45 bits per heavy atom. The molecular weight excluding hydrogens is 266 g/mol. The highest BCUT2D eigenvalue weighted by atomic mass is 16.4. The van der Waals surface area contributed by atoms with Crippen molar-refractivity contribution in [2.45, 2.75) is 56.7 Å². The Morgan fingerprint density at radius 1 is 1.20 bits per heavy atom. The lowest BCUT2D eigenvalue weighted by Crippen LogP contribution is -2.52. The highest BCUT2D eigenvalue weighted by Gasteiger charge is 2.26. The fourth-order valence-electron chi connectivity index (χ4n) is 2.23. The van der Waals surface area contributed by atoms with Gasteiger partial charge in [0.2, 0.25) is 5.91 Å². The minimum Gasteiger partial charge on any atom is -0.480 e. The van der Waals surface area contributed by atoms with Gasteiger partial charge in [-0.2, -0.15) is 0 Å². The van der Waals surface area contributed by atoms with Crippen molar-refractivity contribution in [3.05, 3.63) is 0 Å². The summed E-state index contributed by atoms with van der Waals surface area (Å²) in [5, 5.41) is 23.5. The molecule has 114 valence electrons. The third-order valence-corrected chi connectivity index (χ3v) is 3.30. The molecule has 0 aliphatic heterocycles. The summed E-state index contributed by atoms with van der Waals surface area (Å²) in [6, 6.07) is -2.49. The Morgan fingerprint density at radius 2 is 1.85 bits per heavy atom. The van der Waals surface area contributed by atoms with E-state index in [-0.39, 0.29) is 0 Å². The van der Waals surface area contributed by atoms with E-state index in [1.165, 1.54) is 0 Å². The van der Waals surface area contributed by atoms with E-state index in [0.717, 1.165) is 19.3 Å². The Bertz CT molecular complexity index is 374. The molecule has 0 spiro atoms. The summed E-state index contributed by atoms with van der Waals surface area (Å²) in [7, 11) is 0. The maximum absolute atomic E-state index is 11.7. The molecule has 1 aliphatic rings. The van der Waals surface area contributed by atoms with E-state index in [4.69, 9.17) is 10.8 Å². The molecule has 20 heavy (non-hydrogen) atoms. The number of hydrogen-bond donors (Lipinski definition) is 5. The molecule has 8 nitrogen and oxygen atoms in total. The van der Waals surface area contributed by atoms with Crippen molar-refractivity contribution >= 4 is 17.9 Å². The van der Waals surface area contributed by atoms with Crippen LogP contribution in [-0.2, 0) is 9.59 Å². The summed E-state index contributed by atoms with van der Waals surface area (Å²) in [4.78, 5) is 33.3. The van der Waals surface area contributed by atoms with E-state index in [2.05, 4.69) is 10.6 Å². The Labute approximate surface area is 116 Å². The van der Waals surface area contributed by atoms with Crippen molar-refractivity contribution in [3.63, 3.8) is 0 Å². The molecule has 0 aromatic heterocycles. The molecule has 0 heterocycles. The number of aliphatic hydroxyl groups excluding tert-OH is 1. The lowest BCUT2D eigenvalue weighted by molar-refractivity contribution is -0.140. The Balaban J connectivity index is 2.51. The average molecular weight is 287 g/mol. The predicted octanol–water partition coefficient (Wildman–Crippen LogP) is -0.692. The molecule has 0 aromatic carbocycles. The smallest absolute Gasteiger partial charge is 0.326 e. The van der Waals surface area contributed by atoms with Gasteiger partial charge in [0.1, 0.15) is 6.04 Å². The van der Waals surface area contributed by atoms with Crippen LogP contribution in [0.1, 0.15) is 38.5 Å². The number of nitrogens with one attached hydrogen (secondary N) is 2. The highest BCUT2D eigenvalue weighted by Crippen LogP contribution is 2.17. The lowest BCUT2D eigenvalue weighted by atomic mass is 10.1. The zero-order valence-electron chi connectivity index (χ0n) is 11.2. The van der Waals surface area contributed by atoms with Gasteiger partial charge in [0.05, 0.1) is 18.6 Å². The number of carboxylic acids is 1. The van der Waals surface area contributed by atoms with Crippen molar-refractivity contribution in [2.24, 2.45) is 5.73 Å². The van der Waals surface area contributed by atoms with Gasteiger partial charge in [0.25, 0.3) is 0 Å². The number of carbonyl (C=O) groups excluding carboxylic acids is 2. The number of nitrogens with two attached hydrogens (primary N) is 1. The van der Waals surface area contributed by atoms with Gasteiger partial charge in [-0.3, -0.25) is 4.79 Å². The highest BCUT2D eigenvalue weighted by molar-refractivity contribution is 5.87. The number of primary amides is 1. The average Bonchev–Trinajstić information content (AvgIpc) is 2.53. The van der Waals surface area contributed by atoms with Gasteiger partial charge >= 0.3 is 12.0 Å². The van der Waals surface area contributed by atoms with Crippen molar-refractivity contribution in [2.75, 3.05) is 0 Å². The standard InChI is InChI=1S/C12H21N3O5/c13-10(17)6-8(11(18)19)15-12(20)14-7-4-2-1-3-5-9(7)16/h7-9,16H,1-6H2,(H2,13,17)(H,18,19)(H2,14,15,20)/t7?,8-,9?/m1/s1. The topological polar surface area (TPSA) is 142 Å². The van der Waals surface area contributed by atoms with Gasteiger partial charge in [-0.15, -0.1) is 0 Å². The van der Waals surface area contributed by atoms with E-state index in [9.17, 15) is 19.5 Å². The van der Waals surface area contributed by atoms with Crippen LogP contribution in [0.25, 0.3) is 0 Å². The largest absolute Gasteiger partial charge is 0.480 e. The molecule has 0 radical (unpaired) electrons. The third kappa shape index (κ3) is 5.43. The fourth-order valence-corrected chi connectivity index (χ4v) is 2.23. The van der Waals surface area contributed by atoms with Gasteiger partial charge < -0.3 is 26.6 Å². The van der Waals surface area contributed by atoms with Crippen LogP contribution in [0.4, 0.5) is 4.79 Å². The molecule has 1 saturated carbocycles. The zero-order valence-corrected chi connectivity index (χ0v) is 11.2. The number of urea groups is 1. The monoisotopic (exact) mass is 287 g/mol. The first kappa shape index (κ1) is 16.2. The molecule has 0 bridgehead atoms. The van der Waals surface area contributed by atoms with Gasteiger partial charge in [0.15, 0.2) is 0 Å². The van der Waals surface area contributed by atoms with E-state index < -0.39 is 42.5 Å². The van der Waals surface area contributed by atoms with Crippen molar-refractivity contribution < 1.29 is 24.6 Å². The number of carboxylic acid groups (broad SMARTS) is 1. The molecule has 1 rings (SSSR count). The summed E-state index contributed by atoms with van der Waals surface area (Å²) in [5.41, 5.74) is 4.92. The van der Waals surface area contributed by atoms with Crippen molar-refractivity contribution in [1.82, 2.24) is 10.6 Å². The molecule has 8 heteroatoms. The number of hydrogen-bond acceptors (Lipinski definition) is 4. The molecule has 2 unspecified atom stereocenters. The number of aliphatic hydroxyl groups is 1. The minimum atomic E-state index is -1.37.